The number of anilines is 1. The minimum atomic E-state index is -0.629. The molecule has 34 heavy (non-hydrogen) atoms. The van der Waals surface area contributed by atoms with Crippen LogP contribution in [-0.2, 0) is 29.2 Å². The number of nitrogens with zero attached hydrogens (tertiary/aromatic N) is 4. The lowest BCUT2D eigenvalue weighted by Gasteiger charge is -2.38. The van der Waals surface area contributed by atoms with Crippen LogP contribution in [0.25, 0.3) is 0 Å². The summed E-state index contributed by atoms with van der Waals surface area (Å²) in [4.78, 5) is 42.2. The molecular formula is C24H30ClFN4O4. The van der Waals surface area contributed by atoms with Crippen LogP contribution in [0.1, 0.15) is 37.4 Å². The van der Waals surface area contributed by atoms with Crippen LogP contribution in [0.5, 0.6) is 0 Å². The molecule has 0 unspecified atom stereocenters. The molecule has 0 bridgehead atoms. The summed E-state index contributed by atoms with van der Waals surface area (Å²) in [5.74, 6) is -0.638. The normalized spacial score (nSPS) is 13.6. The van der Waals surface area contributed by atoms with Gasteiger partial charge in [-0.15, -0.1) is 0 Å². The smallest absolute Gasteiger partial charge is 0.331 e. The molecule has 0 saturated carbocycles. The van der Waals surface area contributed by atoms with Crippen LogP contribution < -0.4 is 16.1 Å². The first-order valence-corrected chi connectivity index (χ1v) is 11.6. The van der Waals surface area contributed by atoms with E-state index in [4.69, 9.17) is 16.3 Å². The van der Waals surface area contributed by atoms with Crippen molar-refractivity contribution in [1.82, 2.24) is 14.0 Å². The van der Waals surface area contributed by atoms with Gasteiger partial charge in [-0.05, 0) is 45.2 Å². The molecule has 2 aromatic rings. The van der Waals surface area contributed by atoms with Crippen LogP contribution in [0.2, 0.25) is 5.02 Å². The maximum atomic E-state index is 14.8. The van der Waals surface area contributed by atoms with Crippen molar-refractivity contribution in [2.75, 3.05) is 25.1 Å². The topological polar surface area (TPSA) is 76.8 Å². The standard InChI is InChI=1S/C24H30ClFN4O4/c1-5-28-23(32)22(16(2)29(24(28)33)15-21(31)34-4)30(17(3)27-12-7-6-8-13-27)14-18-19(25)10-9-11-20(18)26/h9-11H,3,5-8,12-15H2,1-2,4H3. The van der Waals surface area contributed by atoms with E-state index < -0.39 is 23.0 Å². The predicted molar refractivity (Wildman–Crippen MR) is 130 cm³/mol. The van der Waals surface area contributed by atoms with Crippen LogP contribution >= 0.6 is 11.6 Å². The van der Waals surface area contributed by atoms with E-state index in [9.17, 15) is 18.8 Å². The highest BCUT2D eigenvalue weighted by Crippen LogP contribution is 2.29. The van der Waals surface area contributed by atoms with E-state index in [0.29, 0.717) is 5.82 Å². The number of rotatable bonds is 8. The number of piperidine rings is 1. The van der Waals surface area contributed by atoms with E-state index in [2.05, 4.69) is 6.58 Å². The molecule has 1 aliphatic rings. The molecule has 10 heteroatoms. The Bertz CT molecular complexity index is 1180. The van der Waals surface area contributed by atoms with Gasteiger partial charge in [-0.1, -0.05) is 24.2 Å². The van der Waals surface area contributed by atoms with Gasteiger partial charge in [0.05, 0.1) is 13.7 Å². The molecular weight excluding hydrogens is 463 g/mol. The summed E-state index contributed by atoms with van der Waals surface area (Å²) in [7, 11) is 1.23. The van der Waals surface area contributed by atoms with Crippen molar-refractivity contribution < 1.29 is 13.9 Å². The number of ether oxygens (including phenoxy) is 1. The molecule has 0 radical (unpaired) electrons. The average molecular weight is 493 g/mol. The highest BCUT2D eigenvalue weighted by atomic mass is 35.5. The van der Waals surface area contributed by atoms with Gasteiger partial charge in [0.1, 0.15) is 23.9 Å². The monoisotopic (exact) mass is 492 g/mol. The number of hydrogen-bond donors (Lipinski definition) is 0. The van der Waals surface area contributed by atoms with Gasteiger partial charge in [0, 0.05) is 35.9 Å². The lowest BCUT2D eigenvalue weighted by molar-refractivity contribution is -0.141. The first-order valence-electron chi connectivity index (χ1n) is 11.3. The van der Waals surface area contributed by atoms with Crippen LogP contribution in [0.3, 0.4) is 0 Å². The Kier molecular flexibility index (Phi) is 8.19. The summed E-state index contributed by atoms with van der Waals surface area (Å²) in [5, 5.41) is 0.216. The fourth-order valence-corrected chi connectivity index (χ4v) is 4.44. The zero-order valence-electron chi connectivity index (χ0n) is 19.8. The molecule has 8 nitrogen and oxygen atoms in total. The maximum absolute atomic E-state index is 14.8. The van der Waals surface area contributed by atoms with Gasteiger partial charge in [-0.25, -0.2) is 9.18 Å². The first-order chi connectivity index (χ1) is 16.2. The van der Waals surface area contributed by atoms with Gasteiger partial charge < -0.3 is 14.5 Å². The molecule has 1 aliphatic heterocycles. The Labute approximate surface area is 202 Å². The van der Waals surface area contributed by atoms with E-state index in [-0.39, 0.29) is 41.6 Å². The van der Waals surface area contributed by atoms with E-state index in [1.165, 1.54) is 23.8 Å². The third-order valence-electron chi connectivity index (χ3n) is 6.17. The van der Waals surface area contributed by atoms with E-state index in [1.54, 1.807) is 24.8 Å². The number of esters is 1. The lowest BCUT2D eigenvalue weighted by Crippen LogP contribution is -2.47. The summed E-state index contributed by atoms with van der Waals surface area (Å²) in [6.45, 7) is 8.63. The highest BCUT2D eigenvalue weighted by molar-refractivity contribution is 6.31. The Hall–Kier alpha value is -3.07. The number of halogens is 2. The number of aromatic nitrogens is 2. The summed E-state index contributed by atoms with van der Waals surface area (Å²) in [5.41, 5.74) is -0.561. The molecule has 184 valence electrons. The van der Waals surface area contributed by atoms with Gasteiger partial charge in [-0.3, -0.25) is 18.7 Å². The van der Waals surface area contributed by atoms with Crippen molar-refractivity contribution in [2.24, 2.45) is 0 Å². The van der Waals surface area contributed by atoms with Gasteiger partial charge in [0.25, 0.3) is 5.56 Å². The molecule has 1 aromatic heterocycles. The summed E-state index contributed by atoms with van der Waals surface area (Å²) in [6.07, 6.45) is 3.02. The average Bonchev–Trinajstić information content (AvgIpc) is 2.83. The Morgan fingerprint density at radius 1 is 1.21 bits per heavy atom. The number of methoxy groups -OCH3 is 1. The third-order valence-corrected chi connectivity index (χ3v) is 6.52. The van der Waals surface area contributed by atoms with Crippen molar-refractivity contribution in [3.8, 4) is 0 Å². The third kappa shape index (κ3) is 5.04. The van der Waals surface area contributed by atoms with Crippen LogP contribution in [0.15, 0.2) is 40.2 Å². The summed E-state index contributed by atoms with van der Waals surface area (Å²) >= 11 is 6.32. The number of carbonyl (C=O) groups excluding carboxylic acids is 1. The maximum Gasteiger partial charge on any atom is 0.331 e. The fourth-order valence-electron chi connectivity index (χ4n) is 4.22. The second kappa shape index (κ2) is 10.9. The van der Waals surface area contributed by atoms with Crippen molar-refractivity contribution >= 4 is 23.3 Å². The molecule has 0 aliphatic carbocycles. The lowest BCUT2D eigenvalue weighted by atomic mass is 10.1. The molecule has 0 amide bonds. The minimum absolute atomic E-state index is 0.0724. The van der Waals surface area contributed by atoms with E-state index in [0.717, 1.165) is 36.9 Å². The largest absolute Gasteiger partial charge is 0.468 e. The Morgan fingerprint density at radius 3 is 2.47 bits per heavy atom. The quantitative estimate of drug-likeness (QED) is 0.526. The van der Waals surface area contributed by atoms with Gasteiger partial charge in [-0.2, -0.15) is 0 Å². The van der Waals surface area contributed by atoms with Crippen molar-refractivity contribution in [2.45, 2.75) is 52.7 Å². The number of likely N-dealkylation sites (tertiary alicyclic amines) is 1. The number of hydrogen-bond acceptors (Lipinski definition) is 6. The van der Waals surface area contributed by atoms with Gasteiger partial charge >= 0.3 is 11.7 Å². The molecule has 0 atom stereocenters. The summed E-state index contributed by atoms with van der Waals surface area (Å²) < 4.78 is 21.8. The Balaban J connectivity index is 2.24. The van der Waals surface area contributed by atoms with Crippen molar-refractivity contribution in [3.63, 3.8) is 0 Å². The molecule has 0 N–H and O–H groups in total. The van der Waals surface area contributed by atoms with Crippen LogP contribution in [0, 0.1) is 12.7 Å². The van der Waals surface area contributed by atoms with Crippen molar-refractivity contribution in [1.29, 1.82) is 0 Å². The zero-order valence-corrected chi connectivity index (χ0v) is 20.5. The van der Waals surface area contributed by atoms with Crippen LogP contribution in [0.4, 0.5) is 10.1 Å². The Morgan fingerprint density at radius 2 is 1.88 bits per heavy atom. The predicted octanol–water partition coefficient (Wildman–Crippen LogP) is 3.27. The number of benzene rings is 1. The molecule has 1 aromatic carbocycles. The summed E-state index contributed by atoms with van der Waals surface area (Å²) in [6, 6.07) is 4.40. The molecule has 0 spiro atoms. The second-order valence-electron chi connectivity index (χ2n) is 8.18. The molecule has 2 heterocycles. The minimum Gasteiger partial charge on any atom is -0.468 e. The van der Waals surface area contributed by atoms with Crippen molar-refractivity contribution in [3.05, 3.63) is 73.5 Å². The van der Waals surface area contributed by atoms with E-state index in [1.807, 2.05) is 4.90 Å². The SMILES string of the molecule is C=C(N1CCCCC1)N(Cc1c(F)cccc1Cl)c1c(C)n(CC(=O)OC)c(=O)n(CC)c1=O. The van der Waals surface area contributed by atoms with Gasteiger partial charge in [0.2, 0.25) is 0 Å². The molecule has 1 fully saturated rings. The fraction of sp³-hybridized carbons (Fsp3) is 0.458. The van der Waals surface area contributed by atoms with Gasteiger partial charge in [0.15, 0.2) is 0 Å². The second-order valence-corrected chi connectivity index (χ2v) is 8.59. The molecule has 3 rings (SSSR count). The first kappa shape index (κ1) is 25.6. The zero-order chi connectivity index (χ0) is 25.0. The highest BCUT2D eigenvalue weighted by Gasteiger charge is 2.28. The number of carbonyl (C=O) groups is 1. The molecule has 1 saturated heterocycles. The van der Waals surface area contributed by atoms with E-state index >= 15 is 0 Å². The van der Waals surface area contributed by atoms with Crippen LogP contribution in [-0.4, -0.2) is 40.2 Å².